The van der Waals surface area contributed by atoms with E-state index in [1.54, 1.807) is 24.5 Å². The molecule has 0 saturated carbocycles. The Morgan fingerprint density at radius 3 is 3.18 bits per heavy atom. The van der Waals surface area contributed by atoms with Crippen molar-refractivity contribution in [3.05, 3.63) is 16.6 Å². The Morgan fingerprint density at radius 1 is 1.71 bits per heavy atom. The van der Waals surface area contributed by atoms with Crippen LogP contribution in [-0.2, 0) is 16.1 Å². The molecule has 0 N–H and O–H groups in total. The van der Waals surface area contributed by atoms with Crippen LogP contribution in [0.15, 0.2) is 11.6 Å². The first kappa shape index (κ1) is 12.6. The van der Waals surface area contributed by atoms with Crippen LogP contribution in [0, 0.1) is 5.92 Å². The molecule has 1 aliphatic heterocycles. The molecule has 0 spiro atoms. The second kappa shape index (κ2) is 5.64. The minimum atomic E-state index is 0.121. The molecule has 17 heavy (non-hydrogen) atoms. The fourth-order valence-electron chi connectivity index (χ4n) is 1.85. The van der Waals surface area contributed by atoms with E-state index in [-0.39, 0.29) is 11.0 Å². The first-order valence-corrected chi connectivity index (χ1v) is 7.31. The average Bonchev–Trinajstić information content (AvgIpc) is 2.87. The summed E-state index contributed by atoms with van der Waals surface area (Å²) in [7, 11) is 0. The Hall–Kier alpha value is -0.880. The van der Waals surface area contributed by atoms with Gasteiger partial charge in [-0.05, 0) is 5.92 Å². The number of carbonyl (C=O) groups is 2. The van der Waals surface area contributed by atoms with E-state index in [9.17, 15) is 9.59 Å². The van der Waals surface area contributed by atoms with Gasteiger partial charge in [0.05, 0.1) is 6.54 Å². The number of thioether (sulfide) groups is 1. The van der Waals surface area contributed by atoms with E-state index >= 15 is 0 Å². The Bertz CT molecular complexity index is 406. The van der Waals surface area contributed by atoms with Gasteiger partial charge in [-0.3, -0.25) is 9.59 Å². The molecular weight excluding hydrogens is 256 g/mol. The lowest BCUT2D eigenvalue weighted by Crippen LogP contribution is -2.24. The number of rotatable bonds is 4. The maximum atomic E-state index is 11.8. The third-order valence-corrected chi connectivity index (χ3v) is 4.44. The van der Waals surface area contributed by atoms with Crippen molar-refractivity contribution in [2.75, 3.05) is 12.3 Å². The number of hydrogen-bond donors (Lipinski definition) is 0. The molecule has 1 fully saturated rings. The summed E-state index contributed by atoms with van der Waals surface area (Å²) in [6.45, 7) is 2.92. The van der Waals surface area contributed by atoms with Crippen LogP contribution in [0.2, 0.25) is 0 Å². The Kier molecular flexibility index (Phi) is 4.17. The van der Waals surface area contributed by atoms with Crippen molar-refractivity contribution in [3.63, 3.8) is 0 Å². The van der Waals surface area contributed by atoms with Crippen LogP contribution in [0.5, 0.6) is 0 Å². The molecule has 1 atom stereocenters. The van der Waals surface area contributed by atoms with Crippen LogP contribution >= 0.6 is 23.1 Å². The summed E-state index contributed by atoms with van der Waals surface area (Å²) in [5.41, 5.74) is 0. The van der Waals surface area contributed by atoms with Crippen LogP contribution in [0.3, 0.4) is 0 Å². The summed E-state index contributed by atoms with van der Waals surface area (Å²) >= 11 is 2.88. The van der Waals surface area contributed by atoms with Crippen molar-refractivity contribution < 1.29 is 9.59 Å². The minimum Gasteiger partial charge on any atom is -0.336 e. The van der Waals surface area contributed by atoms with E-state index in [1.165, 1.54) is 11.8 Å². The smallest absolute Gasteiger partial charge is 0.223 e. The minimum absolute atomic E-state index is 0.121. The summed E-state index contributed by atoms with van der Waals surface area (Å²) in [6.07, 6.45) is 2.31. The number of carbonyl (C=O) groups excluding carboxylic acids is 2. The highest BCUT2D eigenvalue weighted by atomic mass is 32.2. The molecule has 92 valence electrons. The second-order valence-corrected chi connectivity index (χ2v) is 6.25. The number of hydrogen-bond acceptors (Lipinski definition) is 5. The van der Waals surface area contributed by atoms with Crippen LogP contribution in [0.4, 0.5) is 0 Å². The lowest BCUT2D eigenvalue weighted by atomic mass is 10.1. The molecule has 1 aliphatic rings. The molecular formula is C11H14N2O2S2. The molecule has 0 bridgehead atoms. The van der Waals surface area contributed by atoms with E-state index in [2.05, 4.69) is 4.98 Å². The van der Waals surface area contributed by atoms with Crippen molar-refractivity contribution in [1.82, 2.24) is 9.88 Å². The van der Waals surface area contributed by atoms with E-state index in [0.29, 0.717) is 18.9 Å². The predicted octanol–water partition coefficient (Wildman–Crippen LogP) is 1.77. The molecule has 2 rings (SSSR count). The molecule has 1 aromatic rings. The van der Waals surface area contributed by atoms with Crippen LogP contribution in [-0.4, -0.2) is 33.2 Å². The second-order valence-electron chi connectivity index (χ2n) is 4.07. The topological polar surface area (TPSA) is 50.3 Å². The Balaban J connectivity index is 1.85. The molecule has 1 unspecified atom stereocenters. The maximum absolute atomic E-state index is 11.8. The van der Waals surface area contributed by atoms with E-state index in [4.69, 9.17) is 0 Å². The molecule has 1 saturated heterocycles. The Labute approximate surface area is 108 Å². The van der Waals surface area contributed by atoms with Gasteiger partial charge in [0.25, 0.3) is 0 Å². The van der Waals surface area contributed by atoms with Crippen molar-refractivity contribution in [2.24, 2.45) is 5.92 Å². The molecule has 0 aromatic carbocycles. The molecule has 4 nitrogen and oxygen atoms in total. The largest absolute Gasteiger partial charge is 0.336 e. The van der Waals surface area contributed by atoms with Crippen molar-refractivity contribution in [3.8, 4) is 0 Å². The highest BCUT2D eigenvalue weighted by Crippen LogP contribution is 2.24. The normalized spacial score (nSPS) is 19.9. The molecule has 2 heterocycles. The Morgan fingerprint density at radius 2 is 2.53 bits per heavy atom. The quantitative estimate of drug-likeness (QED) is 0.836. The number of likely N-dealkylation sites (tertiary alicyclic amines) is 1. The average molecular weight is 270 g/mol. The summed E-state index contributed by atoms with van der Waals surface area (Å²) in [5, 5.41) is 3.01. The van der Waals surface area contributed by atoms with Gasteiger partial charge in [0.2, 0.25) is 5.91 Å². The van der Waals surface area contributed by atoms with Crippen LogP contribution < -0.4 is 0 Å². The lowest BCUT2D eigenvalue weighted by Gasteiger charge is -2.14. The number of thiazole rings is 1. The third kappa shape index (κ3) is 3.54. The zero-order valence-electron chi connectivity index (χ0n) is 9.59. The summed E-state index contributed by atoms with van der Waals surface area (Å²) < 4.78 is 0. The van der Waals surface area contributed by atoms with Gasteiger partial charge >= 0.3 is 0 Å². The SMILES string of the molecule is CC(=O)SCC1CC(=O)N(Cc2nccs2)C1. The monoisotopic (exact) mass is 270 g/mol. The first-order chi connectivity index (χ1) is 8.15. The van der Waals surface area contributed by atoms with Gasteiger partial charge in [0.1, 0.15) is 5.01 Å². The highest BCUT2D eigenvalue weighted by Gasteiger charge is 2.29. The van der Waals surface area contributed by atoms with Gasteiger partial charge in [0, 0.05) is 37.2 Å². The standard InChI is InChI=1S/C11H14N2O2S2/c1-8(14)17-7-9-4-11(15)13(5-9)6-10-12-2-3-16-10/h2-3,9H,4-7H2,1H3. The fourth-order valence-corrected chi connectivity index (χ4v) is 3.17. The fraction of sp³-hybridized carbons (Fsp3) is 0.545. The van der Waals surface area contributed by atoms with Gasteiger partial charge in [-0.25, -0.2) is 4.98 Å². The predicted molar refractivity (Wildman–Crippen MR) is 68.8 cm³/mol. The van der Waals surface area contributed by atoms with Gasteiger partial charge in [-0.2, -0.15) is 0 Å². The van der Waals surface area contributed by atoms with E-state index in [1.807, 2.05) is 10.3 Å². The molecule has 0 aliphatic carbocycles. The highest BCUT2D eigenvalue weighted by molar-refractivity contribution is 8.13. The molecule has 1 aromatic heterocycles. The van der Waals surface area contributed by atoms with Crippen LogP contribution in [0.25, 0.3) is 0 Å². The van der Waals surface area contributed by atoms with E-state index in [0.717, 1.165) is 17.3 Å². The summed E-state index contributed by atoms with van der Waals surface area (Å²) in [5.74, 6) is 1.22. The lowest BCUT2D eigenvalue weighted by molar-refractivity contribution is -0.128. The first-order valence-electron chi connectivity index (χ1n) is 5.44. The number of amides is 1. The van der Waals surface area contributed by atoms with Gasteiger partial charge in [-0.1, -0.05) is 11.8 Å². The van der Waals surface area contributed by atoms with Gasteiger partial charge in [-0.15, -0.1) is 11.3 Å². The van der Waals surface area contributed by atoms with Gasteiger partial charge in [0.15, 0.2) is 5.12 Å². The molecule has 6 heteroatoms. The number of aromatic nitrogens is 1. The van der Waals surface area contributed by atoms with Crippen LogP contribution in [0.1, 0.15) is 18.4 Å². The third-order valence-electron chi connectivity index (χ3n) is 2.63. The number of nitrogens with zero attached hydrogens (tertiary/aromatic N) is 2. The van der Waals surface area contributed by atoms with Crippen molar-refractivity contribution in [1.29, 1.82) is 0 Å². The van der Waals surface area contributed by atoms with E-state index < -0.39 is 0 Å². The van der Waals surface area contributed by atoms with Crippen molar-refractivity contribution in [2.45, 2.75) is 19.9 Å². The molecule has 1 amide bonds. The molecule has 0 radical (unpaired) electrons. The zero-order valence-corrected chi connectivity index (χ0v) is 11.2. The maximum Gasteiger partial charge on any atom is 0.223 e. The van der Waals surface area contributed by atoms with Crippen molar-refractivity contribution >= 4 is 34.1 Å². The summed E-state index contributed by atoms with van der Waals surface area (Å²) in [6, 6.07) is 0. The summed E-state index contributed by atoms with van der Waals surface area (Å²) in [4.78, 5) is 28.7. The van der Waals surface area contributed by atoms with Gasteiger partial charge < -0.3 is 4.90 Å². The zero-order chi connectivity index (χ0) is 12.3.